The summed E-state index contributed by atoms with van der Waals surface area (Å²) in [5.41, 5.74) is 1.57. The van der Waals surface area contributed by atoms with Crippen LogP contribution in [0.3, 0.4) is 0 Å². The van der Waals surface area contributed by atoms with Gasteiger partial charge in [0, 0.05) is 15.6 Å². The van der Waals surface area contributed by atoms with E-state index in [0.717, 1.165) is 11.3 Å². The maximum absolute atomic E-state index is 11.4. The third-order valence-electron chi connectivity index (χ3n) is 4.18. The number of benzene rings is 2. The number of aromatic nitrogens is 3. The molecule has 7 nitrogen and oxygen atoms in total. The first kappa shape index (κ1) is 23.8. The van der Waals surface area contributed by atoms with Gasteiger partial charge in [-0.2, -0.15) is 0 Å². The number of nitro groups is 1. The van der Waals surface area contributed by atoms with E-state index in [1.165, 1.54) is 11.8 Å². The highest BCUT2D eigenvalue weighted by molar-refractivity contribution is 9.11. The number of hydrogen-bond donors (Lipinski definition) is 0. The molecule has 0 saturated heterocycles. The summed E-state index contributed by atoms with van der Waals surface area (Å²) >= 11 is 14.3. The van der Waals surface area contributed by atoms with Gasteiger partial charge in [-0.25, -0.2) is 0 Å². The van der Waals surface area contributed by atoms with E-state index < -0.39 is 5.25 Å². The summed E-state index contributed by atoms with van der Waals surface area (Å²) in [4.78, 5) is 11.1. The highest BCUT2D eigenvalue weighted by Gasteiger charge is 2.25. The lowest BCUT2D eigenvalue weighted by molar-refractivity contribution is -0.479. The van der Waals surface area contributed by atoms with Crippen LogP contribution in [0.25, 0.3) is 5.69 Å². The number of rotatable bonds is 9. The molecule has 0 spiro atoms. The van der Waals surface area contributed by atoms with Gasteiger partial charge in [-0.3, -0.25) is 14.7 Å². The van der Waals surface area contributed by atoms with Gasteiger partial charge in [-0.1, -0.05) is 36.0 Å². The van der Waals surface area contributed by atoms with Gasteiger partial charge in [-0.15, -0.1) is 10.2 Å². The molecule has 0 radical (unpaired) electrons. The number of aryl methyl sites for hydroxylation is 1. The lowest BCUT2D eigenvalue weighted by atomic mass is 10.1. The van der Waals surface area contributed by atoms with Crippen molar-refractivity contribution in [1.29, 1.82) is 0 Å². The normalized spacial score (nSPS) is 11.9. The summed E-state index contributed by atoms with van der Waals surface area (Å²) in [6.07, 6.45) is 1.64. The van der Waals surface area contributed by atoms with E-state index in [-0.39, 0.29) is 11.5 Å². The molecule has 0 fully saturated rings. The van der Waals surface area contributed by atoms with Crippen LogP contribution in [0.1, 0.15) is 16.6 Å². The first-order chi connectivity index (χ1) is 14.8. The van der Waals surface area contributed by atoms with Crippen molar-refractivity contribution in [2.75, 3.05) is 13.2 Å². The van der Waals surface area contributed by atoms with Crippen molar-refractivity contribution in [2.24, 2.45) is 0 Å². The third-order valence-corrected chi connectivity index (χ3v) is 6.79. The smallest absolute Gasteiger partial charge is 0.220 e. The molecule has 0 aliphatic carbocycles. The van der Waals surface area contributed by atoms with Crippen LogP contribution in [0.15, 0.2) is 63.2 Å². The first-order valence-electron chi connectivity index (χ1n) is 8.99. The lowest BCUT2D eigenvalue weighted by Crippen LogP contribution is -2.11. The summed E-state index contributed by atoms with van der Waals surface area (Å²) in [6, 6.07) is 10.9. The molecule has 0 aliphatic heterocycles. The summed E-state index contributed by atoms with van der Waals surface area (Å²) in [6.45, 7) is 5.52. The van der Waals surface area contributed by atoms with Gasteiger partial charge >= 0.3 is 0 Å². The zero-order chi connectivity index (χ0) is 22.5. The molecule has 2 aromatic carbocycles. The molecule has 0 unspecified atom stereocenters. The lowest BCUT2D eigenvalue weighted by Gasteiger charge is -2.17. The Kier molecular flexibility index (Phi) is 8.15. The van der Waals surface area contributed by atoms with Crippen LogP contribution in [-0.2, 0) is 0 Å². The van der Waals surface area contributed by atoms with Crippen molar-refractivity contribution < 1.29 is 9.66 Å². The Balaban J connectivity index is 1.98. The second-order valence-electron chi connectivity index (χ2n) is 6.38. The van der Waals surface area contributed by atoms with Crippen molar-refractivity contribution >= 4 is 55.2 Å². The van der Waals surface area contributed by atoms with Crippen molar-refractivity contribution in [1.82, 2.24) is 14.8 Å². The Morgan fingerprint density at radius 1 is 1.29 bits per heavy atom. The summed E-state index contributed by atoms with van der Waals surface area (Å²) in [7, 11) is 0. The predicted molar refractivity (Wildman–Crippen MR) is 129 cm³/mol. The summed E-state index contributed by atoms with van der Waals surface area (Å²) in [5, 5.41) is 20.5. The summed E-state index contributed by atoms with van der Waals surface area (Å²) < 4.78 is 8.86. The van der Waals surface area contributed by atoms with Crippen LogP contribution < -0.4 is 4.74 Å². The van der Waals surface area contributed by atoms with Crippen molar-refractivity contribution in [3.8, 4) is 11.4 Å². The second kappa shape index (κ2) is 10.6. The van der Waals surface area contributed by atoms with E-state index in [9.17, 15) is 10.1 Å². The zero-order valence-electron chi connectivity index (χ0n) is 16.3. The van der Waals surface area contributed by atoms with Gasteiger partial charge < -0.3 is 4.74 Å². The Labute approximate surface area is 205 Å². The Morgan fingerprint density at radius 3 is 2.52 bits per heavy atom. The second-order valence-corrected chi connectivity index (χ2v) is 9.69. The predicted octanol–water partition coefficient (Wildman–Crippen LogP) is 6.43. The maximum atomic E-state index is 11.4. The van der Waals surface area contributed by atoms with Crippen molar-refractivity contribution in [2.45, 2.75) is 17.3 Å². The molecule has 3 aromatic rings. The molecule has 0 saturated carbocycles. The molecule has 0 aliphatic rings. The zero-order valence-corrected chi connectivity index (χ0v) is 21.0. The fourth-order valence-electron chi connectivity index (χ4n) is 2.83. The van der Waals surface area contributed by atoms with Crippen molar-refractivity contribution in [3.63, 3.8) is 0 Å². The monoisotopic (exact) mass is 586 g/mol. The molecule has 0 N–H and O–H groups in total. The Bertz CT molecular complexity index is 1090. The number of halogens is 3. The fourth-order valence-corrected chi connectivity index (χ4v) is 5.56. The SMILES string of the molecule is C=CCOc1c(Br)cc([C@H](C[N+](=O)[O-])Sc2nnc(C)n2-c2ccc(Cl)cc2)cc1Br. The molecule has 3 rings (SSSR count). The highest BCUT2D eigenvalue weighted by atomic mass is 79.9. The standard InChI is InChI=1S/C20H17Br2ClN4O3S/c1-3-8-30-19-16(21)9-13(10-17(19)22)18(11-26(28)29)31-20-25-24-12(2)27(20)15-6-4-14(23)5-7-15/h3-7,9-10,18H,1,8,11H2,2H3/t18-/m0/s1. The number of thioether (sulfide) groups is 1. The summed E-state index contributed by atoms with van der Waals surface area (Å²) in [5.74, 6) is 1.27. The van der Waals surface area contributed by atoms with E-state index in [0.29, 0.717) is 37.3 Å². The molecule has 1 aromatic heterocycles. The molecule has 1 heterocycles. The molecule has 11 heteroatoms. The Morgan fingerprint density at radius 2 is 1.94 bits per heavy atom. The highest BCUT2D eigenvalue weighted by Crippen LogP contribution is 2.42. The molecule has 31 heavy (non-hydrogen) atoms. The van der Waals surface area contributed by atoms with Crippen molar-refractivity contribution in [3.05, 3.63) is 84.5 Å². The van der Waals surface area contributed by atoms with E-state index >= 15 is 0 Å². The third kappa shape index (κ3) is 5.88. The quantitative estimate of drug-likeness (QED) is 0.124. The number of hydrogen-bond acceptors (Lipinski definition) is 6. The van der Waals surface area contributed by atoms with Gasteiger partial charge in [0.05, 0.1) is 8.95 Å². The van der Waals surface area contributed by atoms with Gasteiger partial charge in [-0.05, 0) is 80.7 Å². The van der Waals surface area contributed by atoms with Gasteiger partial charge in [0.2, 0.25) is 6.54 Å². The molecular formula is C20H17Br2ClN4O3S. The minimum absolute atomic E-state index is 0.289. The van der Waals surface area contributed by atoms with Gasteiger partial charge in [0.15, 0.2) is 5.16 Å². The van der Waals surface area contributed by atoms with E-state index in [4.69, 9.17) is 16.3 Å². The van der Waals surface area contributed by atoms with Crippen LogP contribution >= 0.6 is 55.2 Å². The topological polar surface area (TPSA) is 83.1 Å². The average molecular weight is 589 g/mol. The average Bonchev–Trinajstić information content (AvgIpc) is 3.07. The van der Waals surface area contributed by atoms with Crippen LogP contribution in [0.2, 0.25) is 5.02 Å². The van der Waals surface area contributed by atoms with E-state index in [1.54, 1.807) is 18.2 Å². The van der Waals surface area contributed by atoms with Crippen LogP contribution in [0.5, 0.6) is 5.75 Å². The minimum atomic E-state index is -0.509. The van der Waals surface area contributed by atoms with E-state index in [1.807, 2.05) is 35.8 Å². The van der Waals surface area contributed by atoms with Crippen LogP contribution in [0, 0.1) is 17.0 Å². The fraction of sp³-hybridized carbons (Fsp3) is 0.200. The van der Waals surface area contributed by atoms with Gasteiger partial charge in [0.1, 0.15) is 23.4 Å². The largest absolute Gasteiger partial charge is 0.487 e. The maximum Gasteiger partial charge on any atom is 0.220 e. The molecule has 0 bridgehead atoms. The minimum Gasteiger partial charge on any atom is -0.487 e. The van der Waals surface area contributed by atoms with Crippen LogP contribution in [-0.4, -0.2) is 32.8 Å². The van der Waals surface area contributed by atoms with Gasteiger partial charge in [0.25, 0.3) is 0 Å². The number of nitrogens with zero attached hydrogens (tertiary/aromatic N) is 4. The molecule has 1 atom stereocenters. The molecular weight excluding hydrogens is 572 g/mol. The Hall–Kier alpha value is -1.88. The van der Waals surface area contributed by atoms with Crippen LogP contribution in [0.4, 0.5) is 0 Å². The first-order valence-corrected chi connectivity index (χ1v) is 11.8. The molecule has 162 valence electrons. The van der Waals surface area contributed by atoms with E-state index in [2.05, 4.69) is 48.6 Å². The number of ether oxygens (including phenoxy) is 1. The molecule has 0 amide bonds.